The van der Waals surface area contributed by atoms with Gasteiger partial charge in [-0.05, 0) is 60.0 Å². The summed E-state index contributed by atoms with van der Waals surface area (Å²) in [4.78, 5) is 26.4. The van der Waals surface area contributed by atoms with Crippen LogP contribution in [-0.4, -0.2) is 25.5 Å². The van der Waals surface area contributed by atoms with Gasteiger partial charge in [-0.1, -0.05) is 44.2 Å². The monoisotopic (exact) mass is 402 g/mol. The second-order valence-corrected chi connectivity index (χ2v) is 7.34. The molecule has 2 amide bonds. The van der Waals surface area contributed by atoms with E-state index in [4.69, 9.17) is 4.74 Å². The Labute approximate surface area is 177 Å². The van der Waals surface area contributed by atoms with Crippen molar-refractivity contribution in [3.05, 3.63) is 90.0 Å². The molecule has 3 aromatic carbocycles. The first-order chi connectivity index (χ1) is 14.4. The molecule has 0 aliphatic rings. The highest BCUT2D eigenvalue weighted by atomic mass is 16.5. The number of hydrogen-bond donors (Lipinski definition) is 1. The Morgan fingerprint density at radius 2 is 1.53 bits per heavy atom. The van der Waals surface area contributed by atoms with Crippen LogP contribution in [0, 0.1) is 0 Å². The molecular weight excluding hydrogens is 376 g/mol. The van der Waals surface area contributed by atoms with Crippen molar-refractivity contribution in [3.8, 4) is 5.75 Å². The highest BCUT2D eigenvalue weighted by molar-refractivity contribution is 6.06. The summed E-state index contributed by atoms with van der Waals surface area (Å²) in [6.45, 7) is 4.17. The Balaban J connectivity index is 1.53. The summed E-state index contributed by atoms with van der Waals surface area (Å²) in [6, 6.07) is 24.0. The average Bonchev–Trinajstić information content (AvgIpc) is 2.78. The van der Waals surface area contributed by atoms with Gasteiger partial charge in [-0.3, -0.25) is 9.59 Å². The molecular formula is C25H26N2O3. The Bertz CT molecular complexity index is 981. The first-order valence-electron chi connectivity index (χ1n) is 9.90. The third kappa shape index (κ3) is 5.47. The molecule has 0 heterocycles. The lowest BCUT2D eigenvalue weighted by molar-refractivity contribution is -0.118. The number of amides is 2. The van der Waals surface area contributed by atoms with Crippen molar-refractivity contribution in [1.29, 1.82) is 0 Å². The molecule has 0 spiro atoms. The van der Waals surface area contributed by atoms with Gasteiger partial charge in [-0.2, -0.15) is 0 Å². The van der Waals surface area contributed by atoms with Gasteiger partial charge in [0.15, 0.2) is 6.61 Å². The highest BCUT2D eigenvalue weighted by Crippen LogP contribution is 2.19. The van der Waals surface area contributed by atoms with Crippen molar-refractivity contribution in [2.24, 2.45) is 0 Å². The van der Waals surface area contributed by atoms with E-state index >= 15 is 0 Å². The molecule has 0 aromatic heterocycles. The summed E-state index contributed by atoms with van der Waals surface area (Å²) in [7, 11) is 1.73. The van der Waals surface area contributed by atoms with Crippen LogP contribution in [0.4, 0.5) is 11.4 Å². The van der Waals surface area contributed by atoms with Crippen molar-refractivity contribution >= 4 is 23.2 Å². The van der Waals surface area contributed by atoms with Crippen LogP contribution in [0.5, 0.6) is 5.75 Å². The molecule has 0 saturated heterocycles. The van der Waals surface area contributed by atoms with Crippen LogP contribution in [0.2, 0.25) is 0 Å². The summed E-state index contributed by atoms with van der Waals surface area (Å²) in [6.07, 6.45) is 0. The third-order valence-electron chi connectivity index (χ3n) is 4.78. The molecule has 154 valence electrons. The molecule has 0 saturated carbocycles. The zero-order valence-electron chi connectivity index (χ0n) is 17.5. The van der Waals surface area contributed by atoms with E-state index in [0.717, 1.165) is 5.69 Å². The van der Waals surface area contributed by atoms with Crippen LogP contribution in [0.3, 0.4) is 0 Å². The van der Waals surface area contributed by atoms with Gasteiger partial charge in [0.05, 0.1) is 0 Å². The zero-order valence-corrected chi connectivity index (χ0v) is 17.5. The Morgan fingerprint density at radius 1 is 0.900 bits per heavy atom. The molecule has 0 unspecified atom stereocenters. The van der Waals surface area contributed by atoms with Crippen LogP contribution >= 0.6 is 0 Å². The van der Waals surface area contributed by atoms with Gasteiger partial charge in [0, 0.05) is 24.0 Å². The first-order valence-corrected chi connectivity index (χ1v) is 9.90. The molecule has 3 rings (SSSR count). The summed E-state index contributed by atoms with van der Waals surface area (Å²) < 4.78 is 5.54. The maximum absolute atomic E-state index is 12.6. The number of hydrogen-bond acceptors (Lipinski definition) is 3. The molecule has 30 heavy (non-hydrogen) atoms. The van der Waals surface area contributed by atoms with Crippen molar-refractivity contribution in [2.75, 3.05) is 23.9 Å². The smallest absolute Gasteiger partial charge is 0.262 e. The molecule has 0 bridgehead atoms. The van der Waals surface area contributed by atoms with Gasteiger partial charge in [-0.25, -0.2) is 0 Å². The summed E-state index contributed by atoms with van der Waals surface area (Å²) in [5.41, 5.74) is 3.19. The van der Waals surface area contributed by atoms with E-state index in [1.54, 1.807) is 36.2 Å². The fourth-order valence-electron chi connectivity index (χ4n) is 2.95. The van der Waals surface area contributed by atoms with E-state index in [0.29, 0.717) is 22.9 Å². The quantitative estimate of drug-likeness (QED) is 0.598. The molecule has 3 aromatic rings. The molecule has 0 aliphatic carbocycles. The van der Waals surface area contributed by atoms with E-state index < -0.39 is 0 Å². The van der Waals surface area contributed by atoms with E-state index in [-0.39, 0.29) is 18.4 Å². The van der Waals surface area contributed by atoms with E-state index in [2.05, 4.69) is 19.2 Å². The summed E-state index contributed by atoms with van der Waals surface area (Å²) in [5, 5.41) is 2.78. The molecule has 5 heteroatoms. The maximum atomic E-state index is 12.6. The largest absolute Gasteiger partial charge is 0.484 e. The molecule has 0 fully saturated rings. The number of para-hydroxylation sites is 1. The normalized spacial score (nSPS) is 10.5. The van der Waals surface area contributed by atoms with Crippen molar-refractivity contribution in [1.82, 2.24) is 0 Å². The van der Waals surface area contributed by atoms with Gasteiger partial charge in [0.1, 0.15) is 5.75 Å². The van der Waals surface area contributed by atoms with E-state index in [9.17, 15) is 9.59 Å². The van der Waals surface area contributed by atoms with Crippen LogP contribution in [-0.2, 0) is 4.79 Å². The zero-order chi connectivity index (χ0) is 21.5. The van der Waals surface area contributed by atoms with Gasteiger partial charge in [-0.15, -0.1) is 0 Å². The minimum atomic E-state index is -0.261. The fraction of sp³-hybridized carbons (Fsp3) is 0.200. The average molecular weight is 402 g/mol. The second kappa shape index (κ2) is 9.74. The minimum Gasteiger partial charge on any atom is -0.484 e. The van der Waals surface area contributed by atoms with Crippen LogP contribution < -0.4 is 15.0 Å². The topological polar surface area (TPSA) is 58.6 Å². The number of rotatable bonds is 7. The fourth-order valence-corrected chi connectivity index (χ4v) is 2.95. The molecule has 0 radical (unpaired) electrons. The maximum Gasteiger partial charge on any atom is 0.262 e. The van der Waals surface area contributed by atoms with Crippen molar-refractivity contribution < 1.29 is 14.3 Å². The summed E-state index contributed by atoms with van der Waals surface area (Å²) >= 11 is 0. The lowest BCUT2D eigenvalue weighted by Crippen LogP contribution is -2.26. The number of benzene rings is 3. The lowest BCUT2D eigenvalue weighted by atomic mass is 10.0. The Kier molecular flexibility index (Phi) is 6.86. The lowest BCUT2D eigenvalue weighted by Gasteiger charge is -2.17. The predicted octanol–water partition coefficient (Wildman–Crippen LogP) is 5.10. The number of carbonyl (C=O) groups is 2. The molecule has 5 nitrogen and oxygen atoms in total. The number of carbonyl (C=O) groups excluding carboxylic acids is 2. The minimum absolute atomic E-state index is 0.0849. The predicted molar refractivity (Wildman–Crippen MR) is 120 cm³/mol. The highest BCUT2D eigenvalue weighted by Gasteiger charge is 2.13. The van der Waals surface area contributed by atoms with E-state index in [1.807, 2.05) is 54.6 Å². The number of anilines is 2. The van der Waals surface area contributed by atoms with Gasteiger partial charge in [0.25, 0.3) is 11.8 Å². The Morgan fingerprint density at radius 3 is 2.13 bits per heavy atom. The van der Waals surface area contributed by atoms with E-state index in [1.165, 1.54) is 5.56 Å². The molecule has 1 N–H and O–H groups in total. The van der Waals surface area contributed by atoms with Gasteiger partial charge in [0.2, 0.25) is 0 Å². The number of nitrogens with one attached hydrogen (secondary N) is 1. The summed E-state index contributed by atoms with van der Waals surface area (Å²) in [5.74, 6) is 0.722. The molecule has 0 atom stereocenters. The first kappa shape index (κ1) is 21.1. The van der Waals surface area contributed by atoms with Crippen molar-refractivity contribution in [2.45, 2.75) is 19.8 Å². The molecule has 0 aliphatic heterocycles. The van der Waals surface area contributed by atoms with Gasteiger partial charge >= 0.3 is 0 Å². The van der Waals surface area contributed by atoms with Crippen molar-refractivity contribution in [3.63, 3.8) is 0 Å². The number of ether oxygens (including phenoxy) is 1. The van der Waals surface area contributed by atoms with Crippen LogP contribution in [0.1, 0.15) is 35.7 Å². The van der Waals surface area contributed by atoms with Crippen LogP contribution in [0.25, 0.3) is 0 Å². The van der Waals surface area contributed by atoms with Gasteiger partial charge < -0.3 is 15.0 Å². The number of nitrogens with zero attached hydrogens (tertiary/aromatic N) is 1. The Hall–Kier alpha value is -3.60. The van der Waals surface area contributed by atoms with Crippen LogP contribution in [0.15, 0.2) is 78.9 Å². The second-order valence-electron chi connectivity index (χ2n) is 7.34. The standard InChI is InChI=1S/C25H26N2O3/c1-18(2)19-11-15-23(16-12-19)30-17-24(28)26-21-13-9-20(10-14-21)25(29)27(3)22-7-5-4-6-8-22/h4-16,18H,17H2,1-3H3,(H,26,28). The third-order valence-corrected chi connectivity index (χ3v) is 4.78. The SMILES string of the molecule is CC(C)c1ccc(OCC(=O)Nc2ccc(C(=O)N(C)c3ccccc3)cc2)cc1.